The minimum absolute atomic E-state index is 0.0362. The highest BCUT2D eigenvalue weighted by Crippen LogP contribution is 2.39. The van der Waals surface area contributed by atoms with E-state index >= 15 is 0 Å². The highest BCUT2D eigenvalue weighted by atomic mass is 32.2. The Bertz CT molecular complexity index is 1530. The summed E-state index contributed by atoms with van der Waals surface area (Å²) in [6.45, 7) is 5.83. The van der Waals surface area contributed by atoms with Gasteiger partial charge in [-0.25, -0.2) is 18.2 Å². The van der Waals surface area contributed by atoms with Crippen molar-refractivity contribution >= 4 is 32.5 Å². The molecular weight excluding hydrogens is 482 g/mol. The number of fused-ring (bicyclic) bond motifs is 1. The second kappa shape index (κ2) is 9.23. The molecule has 0 amide bonds. The maximum Gasteiger partial charge on any atom is 0.339 e. The normalized spacial score (nSPS) is 12.9. The van der Waals surface area contributed by atoms with Gasteiger partial charge in [-0.05, 0) is 30.3 Å². The molecule has 36 heavy (non-hydrogen) atoms. The maximum atomic E-state index is 13.9. The molecule has 0 fully saturated rings. The first kappa shape index (κ1) is 25.1. The number of aromatic carboxylic acids is 1. The Kier molecular flexibility index (Phi) is 6.44. The van der Waals surface area contributed by atoms with Gasteiger partial charge < -0.3 is 15.2 Å². The average Bonchev–Trinajstić information content (AvgIpc) is 3.20. The van der Waals surface area contributed by atoms with E-state index in [1.807, 2.05) is 20.8 Å². The van der Waals surface area contributed by atoms with E-state index in [2.05, 4.69) is 20.4 Å². The van der Waals surface area contributed by atoms with Crippen LogP contribution in [-0.2, 0) is 22.3 Å². The molecule has 2 N–H and O–H groups in total. The number of ether oxygens (including phenoxy) is 1. The number of carboxylic acids is 1. The molecule has 1 unspecified atom stereocenters. The maximum absolute atomic E-state index is 13.9. The van der Waals surface area contributed by atoms with Crippen molar-refractivity contribution in [1.29, 1.82) is 0 Å². The number of aryl methyl sites for hydroxylation is 1. The number of benzene rings is 1. The van der Waals surface area contributed by atoms with E-state index in [1.165, 1.54) is 37.8 Å². The van der Waals surface area contributed by atoms with E-state index in [0.717, 1.165) is 0 Å². The fourth-order valence-electron chi connectivity index (χ4n) is 3.96. The number of nitrogens with zero attached hydrogens (tertiary/aromatic N) is 4. The zero-order valence-corrected chi connectivity index (χ0v) is 21.4. The number of anilines is 1. The topological polar surface area (TPSA) is 136 Å². The van der Waals surface area contributed by atoms with Gasteiger partial charge >= 0.3 is 5.97 Å². The van der Waals surface area contributed by atoms with Crippen LogP contribution < -0.4 is 10.1 Å². The van der Waals surface area contributed by atoms with Crippen LogP contribution in [0.2, 0.25) is 0 Å². The first-order valence-corrected chi connectivity index (χ1v) is 12.6. The van der Waals surface area contributed by atoms with E-state index in [9.17, 15) is 18.3 Å². The molecule has 0 aliphatic carbocycles. The van der Waals surface area contributed by atoms with Crippen LogP contribution in [0.25, 0.3) is 11.0 Å². The van der Waals surface area contributed by atoms with Gasteiger partial charge in [0.05, 0.1) is 28.8 Å². The van der Waals surface area contributed by atoms with Crippen LogP contribution in [0.3, 0.4) is 0 Å². The second-order valence-electron chi connectivity index (χ2n) is 9.30. The molecule has 0 aliphatic heterocycles. The molecule has 0 aliphatic rings. The largest absolute Gasteiger partial charge is 0.497 e. The Hall–Kier alpha value is -3.99. The zero-order chi connectivity index (χ0) is 26.3. The zero-order valence-electron chi connectivity index (χ0n) is 20.6. The van der Waals surface area contributed by atoms with Crippen LogP contribution in [0.15, 0.2) is 59.9 Å². The summed E-state index contributed by atoms with van der Waals surface area (Å²) in [5.41, 5.74) is 0.837. The Morgan fingerprint density at radius 3 is 2.39 bits per heavy atom. The summed E-state index contributed by atoms with van der Waals surface area (Å²) in [5.74, 6) is -0.739. The van der Waals surface area contributed by atoms with Crippen molar-refractivity contribution in [2.24, 2.45) is 7.05 Å². The molecular formula is C25H27N5O5S. The van der Waals surface area contributed by atoms with Gasteiger partial charge in [0.2, 0.25) is 9.84 Å². The Labute approximate surface area is 208 Å². The van der Waals surface area contributed by atoms with Crippen LogP contribution in [0.1, 0.15) is 47.8 Å². The molecule has 10 nitrogen and oxygen atoms in total. The summed E-state index contributed by atoms with van der Waals surface area (Å²) in [5, 5.41) is 16.7. The van der Waals surface area contributed by atoms with Gasteiger partial charge in [-0.2, -0.15) is 5.10 Å². The number of nitrogens with one attached hydrogen (secondary N) is 1. The lowest BCUT2D eigenvalue weighted by Gasteiger charge is -2.24. The van der Waals surface area contributed by atoms with Gasteiger partial charge in [-0.15, -0.1) is 0 Å². The van der Waals surface area contributed by atoms with Gasteiger partial charge in [-0.3, -0.25) is 9.67 Å². The van der Waals surface area contributed by atoms with Gasteiger partial charge in [0.1, 0.15) is 11.3 Å². The van der Waals surface area contributed by atoms with Crippen molar-refractivity contribution in [3.63, 3.8) is 0 Å². The number of methoxy groups -OCH3 is 1. The Morgan fingerprint density at radius 2 is 1.83 bits per heavy atom. The van der Waals surface area contributed by atoms with Crippen molar-refractivity contribution in [2.75, 3.05) is 12.4 Å². The quantitative estimate of drug-likeness (QED) is 0.379. The number of pyridine rings is 2. The molecule has 4 aromatic rings. The van der Waals surface area contributed by atoms with E-state index in [-0.39, 0.29) is 16.1 Å². The van der Waals surface area contributed by atoms with E-state index in [1.54, 1.807) is 36.0 Å². The van der Waals surface area contributed by atoms with Gasteiger partial charge in [0.15, 0.2) is 11.0 Å². The number of rotatable bonds is 7. The van der Waals surface area contributed by atoms with Crippen molar-refractivity contribution < 1.29 is 23.1 Å². The van der Waals surface area contributed by atoms with Gasteiger partial charge in [0, 0.05) is 36.6 Å². The summed E-state index contributed by atoms with van der Waals surface area (Å²) < 4.78 is 34.6. The summed E-state index contributed by atoms with van der Waals surface area (Å²) in [4.78, 5) is 20.7. The van der Waals surface area contributed by atoms with Crippen LogP contribution >= 0.6 is 0 Å². The molecule has 11 heteroatoms. The first-order chi connectivity index (χ1) is 16.9. The smallest absolute Gasteiger partial charge is 0.339 e. The monoisotopic (exact) mass is 509 g/mol. The number of carboxylic acid groups (broad SMARTS) is 1. The average molecular weight is 510 g/mol. The van der Waals surface area contributed by atoms with E-state index in [4.69, 9.17) is 4.74 Å². The van der Waals surface area contributed by atoms with Crippen molar-refractivity contribution in [3.05, 3.63) is 71.8 Å². The molecule has 0 bridgehead atoms. The molecule has 3 aromatic heterocycles. The van der Waals surface area contributed by atoms with Crippen LogP contribution in [0.5, 0.6) is 5.75 Å². The molecule has 0 saturated heterocycles. The van der Waals surface area contributed by atoms with Crippen molar-refractivity contribution in [3.8, 4) is 5.75 Å². The number of hydrogen-bond donors (Lipinski definition) is 2. The lowest BCUT2D eigenvalue weighted by Crippen LogP contribution is -2.24. The molecule has 4 rings (SSSR count). The molecule has 0 saturated carbocycles. The minimum atomic E-state index is -4.08. The van der Waals surface area contributed by atoms with Crippen molar-refractivity contribution in [2.45, 2.75) is 36.5 Å². The standard InChI is InChI=1S/C25H27N5O5S/c1-25(2,3)21-19-20(18(24(31)32)14-27-22(19)30(4)29-21)28-23(15-7-6-12-26-13-15)36(33,34)17-10-8-16(35-5)9-11-17/h6-14,23H,1-5H3,(H,27,28)(H,31,32). The SMILES string of the molecule is COc1ccc(S(=O)(=O)C(Nc2c(C(=O)O)cnc3c2c(C(C)(C)C)nn3C)c2cccnc2)cc1. The summed E-state index contributed by atoms with van der Waals surface area (Å²) >= 11 is 0. The molecule has 0 spiro atoms. The van der Waals surface area contributed by atoms with Crippen LogP contribution in [0, 0.1) is 0 Å². The fourth-order valence-corrected chi connectivity index (χ4v) is 5.52. The summed E-state index contributed by atoms with van der Waals surface area (Å²) in [6, 6.07) is 9.25. The lowest BCUT2D eigenvalue weighted by atomic mass is 9.89. The molecule has 0 radical (unpaired) electrons. The Balaban J connectivity index is 1.99. The Morgan fingerprint density at radius 1 is 1.14 bits per heavy atom. The number of sulfone groups is 1. The number of carbonyl (C=O) groups is 1. The highest BCUT2D eigenvalue weighted by Gasteiger charge is 2.34. The summed E-state index contributed by atoms with van der Waals surface area (Å²) in [6.07, 6.45) is 4.18. The van der Waals surface area contributed by atoms with E-state index < -0.39 is 26.6 Å². The third kappa shape index (κ3) is 4.49. The minimum Gasteiger partial charge on any atom is -0.497 e. The third-order valence-electron chi connectivity index (χ3n) is 5.75. The second-order valence-corrected chi connectivity index (χ2v) is 11.3. The molecule has 188 valence electrons. The van der Waals surface area contributed by atoms with Gasteiger partial charge in [-0.1, -0.05) is 26.8 Å². The molecule has 1 atom stereocenters. The third-order valence-corrected chi connectivity index (χ3v) is 7.69. The van der Waals surface area contributed by atoms with Crippen LogP contribution in [0.4, 0.5) is 5.69 Å². The first-order valence-electron chi connectivity index (χ1n) is 11.1. The predicted octanol–water partition coefficient (Wildman–Crippen LogP) is 3.95. The highest BCUT2D eigenvalue weighted by molar-refractivity contribution is 7.91. The number of aromatic nitrogens is 4. The molecule has 1 aromatic carbocycles. The van der Waals surface area contributed by atoms with Crippen molar-refractivity contribution in [1.82, 2.24) is 19.7 Å². The summed E-state index contributed by atoms with van der Waals surface area (Å²) in [7, 11) is -0.875. The molecule has 3 heterocycles. The lowest BCUT2D eigenvalue weighted by molar-refractivity contribution is 0.0697. The van der Waals surface area contributed by atoms with Gasteiger partial charge in [0.25, 0.3) is 0 Å². The fraction of sp³-hybridized carbons (Fsp3) is 0.280. The number of hydrogen-bond acceptors (Lipinski definition) is 8. The van der Waals surface area contributed by atoms with Crippen LogP contribution in [-0.4, -0.2) is 46.4 Å². The van der Waals surface area contributed by atoms with E-state index in [0.29, 0.717) is 28.0 Å². The predicted molar refractivity (Wildman–Crippen MR) is 135 cm³/mol.